The van der Waals surface area contributed by atoms with Crippen LogP contribution < -0.4 is 15.0 Å². The molecule has 0 saturated carbocycles. The molecule has 2 aliphatic heterocycles. The Morgan fingerprint density at radius 3 is 2.56 bits per heavy atom. The fraction of sp³-hybridized carbons (Fsp3) is 0.588. The van der Waals surface area contributed by atoms with Crippen LogP contribution in [0.25, 0.3) is 0 Å². The number of methoxy groups -OCH3 is 1. The van der Waals surface area contributed by atoms with E-state index in [0.717, 1.165) is 44.7 Å². The number of nitrogens with zero attached hydrogens (tertiary/aromatic N) is 2. The van der Waals surface area contributed by atoms with Crippen LogP contribution >= 0.6 is 24.8 Å². The van der Waals surface area contributed by atoms with Crippen molar-refractivity contribution >= 4 is 36.4 Å². The molecule has 2 heterocycles. The molecule has 5 nitrogen and oxygen atoms in total. The van der Waals surface area contributed by atoms with E-state index >= 15 is 0 Å². The number of hydrogen-bond acceptors (Lipinski definition) is 4. The average molecular weight is 394 g/mol. The van der Waals surface area contributed by atoms with Gasteiger partial charge in [-0.3, -0.25) is 4.79 Å². The molecule has 0 aliphatic carbocycles. The number of hydrogen-bond donors (Lipinski definition) is 1. The molecular formula is C17H26Cl2FN3O2. The van der Waals surface area contributed by atoms with Gasteiger partial charge in [0.2, 0.25) is 5.91 Å². The molecule has 25 heavy (non-hydrogen) atoms. The van der Waals surface area contributed by atoms with Gasteiger partial charge in [-0.1, -0.05) is 0 Å². The summed E-state index contributed by atoms with van der Waals surface area (Å²) in [6, 6.07) is 4.60. The van der Waals surface area contributed by atoms with Crippen molar-refractivity contribution in [3.63, 3.8) is 0 Å². The zero-order valence-corrected chi connectivity index (χ0v) is 16.0. The first-order valence-electron chi connectivity index (χ1n) is 8.27. The number of anilines is 1. The van der Waals surface area contributed by atoms with Crippen LogP contribution in [0.1, 0.15) is 12.8 Å². The number of halogens is 3. The zero-order valence-electron chi connectivity index (χ0n) is 14.4. The van der Waals surface area contributed by atoms with Crippen LogP contribution in [-0.4, -0.2) is 57.2 Å². The van der Waals surface area contributed by atoms with Crippen molar-refractivity contribution in [1.82, 2.24) is 10.2 Å². The number of rotatable bonds is 3. The summed E-state index contributed by atoms with van der Waals surface area (Å²) in [6.07, 6.45) is 2.06. The summed E-state index contributed by atoms with van der Waals surface area (Å²) in [5.74, 6) is 0.629. The van der Waals surface area contributed by atoms with Crippen LogP contribution in [0.15, 0.2) is 18.2 Å². The van der Waals surface area contributed by atoms with Crippen molar-refractivity contribution in [2.24, 2.45) is 5.92 Å². The van der Waals surface area contributed by atoms with E-state index in [9.17, 15) is 9.18 Å². The summed E-state index contributed by atoms with van der Waals surface area (Å²) >= 11 is 0. The van der Waals surface area contributed by atoms with Crippen molar-refractivity contribution in [3.05, 3.63) is 24.0 Å². The fourth-order valence-electron chi connectivity index (χ4n) is 3.40. The lowest BCUT2D eigenvalue weighted by Crippen LogP contribution is -2.52. The number of ether oxygens (including phenoxy) is 1. The summed E-state index contributed by atoms with van der Waals surface area (Å²) < 4.78 is 18.6. The van der Waals surface area contributed by atoms with Crippen LogP contribution in [-0.2, 0) is 4.79 Å². The summed E-state index contributed by atoms with van der Waals surface area (Å²) in [5.41, 5.74) is 0.889. The molecule has 1 amide bonds. The van der Waals surface area contributed by atoms with E-state index < -0.39 is 0 Å². The quantitative estimate of drug-likeness (QED) is 0.855. The molecular weight excluding hydrogens is 368 g/mol. The van der Waals surface area contributed by atoms with Crippen LogP contribution in [0, 0.1) is 11.7 Å². The van der Waals surface area contributed by atoms with Crippen LogP contribution in [0.3, 0.4) is 0 Å². The molecule has 1 aromatic rings. The fourth-order valence-corrected chi connectivity index (χ4v) is 3.40. The minimum Gasteiger partial charge on any atom is -0.494 e. The van der Waals surface area contributed by atoms with Crippen LogP contribution in [0.2, 0.25) is 0 Å². The predicted octanol–water partition coefficient (Wildman–Crippen LogP) is 2.33. The molecule has 1 N–H and O–H groups in total. The van der Waals surface area contributed by atoms with Crippen molar-refractivity contribution in [1.29, 1.82) is 0 Å². The highest BCUT2D eigenvalue weighted by atomic mass is 35.5. The number of carbonyl (C=O) groups excluding carboxylic acids is 1. The van der Waals surface area contributed by atoms with Crippen LogP contribution in [0.5, 0.6) is 5.75 Å². The SMILES string of the molecule is COc1cc(F)ccc1N1CCN(C(=O)C2CCCNC2)CC1.Cl.Cl. The van der Waals surface area contributed by atoms with Gasteiger partial charge in [0.05, 0.1) is 18.7 Å². The van der Waals surface area contributed by atoms with Crippen molar-refractivity contribution in [3.8, 4) is 5.75 Å². The average Bonchev–Trinajstić information content (AvgIpc) is 2.62. The largest absolute Gasteiger partial charge is 0.494 e. The Bertz CT molecular complexity index is 563. The molecule has 0 spiro atoms. The third-order valence-electron chi connectivity index (χ3n) is 4.72. The lowest BCUT2D eigenvalue weighted by molar-refractivity contribution is -0.136. The Morgan fingerprint density at radius 1 is 1.24 bits per heavy atom. The maximum atomic E-state index is 13.3. The highest BCUT2D eigenvalue weighted by Crippen LogP contribution is 2.30. The van der Waals surface area contributed by atoms with Gasteiger partial charge in [-0.2, -0.15) is 0 Å². The van der Waals surface area contributed by atoms with Gasteiger partial charge in [-0.05, 0) is 31.5 Å². The van der Waals surface area contributed by atoms with Crippen molar-refractivity contribution < 1.29 is 13.9 Å². The second-order valence-corrected chi connectivity index (χ2v) is 6.17. The molecule has 3 rings (SSSR count). The number of piperazine rings is 1. The Kier molecular flexibility index (Phi) is 8.76. The molecule has 2 fully saturated rings. The monoisotopic (exact) mass is 393 g/mol. The standard InChI is InChI=1S/C17H24FN3O2.2ClH/c1-23-16-11-14(18)4-5-15(16)20-7-9-21(10-8-20)17(22)13-3-2-6-19-12-13;;/h4-5,11,13,19H,2-3,6-10,12H2,1H3;2*1H. The summed E-state index contributed by atoms with van der Waals surface area (Å²) in [4.78, 5) is 16.7. The number of nitrogens with one attached hydrogen (secondary N) is 1. The van der Waals surface area contributed by atoms with Gasteiger partial charge in [0, 0.05) is 38.8 Å². The molecule has 1 aromatic carbocycles. The minimum absolute atomic E-state index is 0. The normalized spacial score (nSPS) is 20.3. The molecule has 1 unspecified atom stereocenters. The lowest BCUT2D eigenvalue weighted by atomic mass is 9.98. The van der Waals surface area contributed by atoms with E-state index in [4.69, 9.17) is 4.74 Å². The topological polar surface area (TPSA) is 44.8 Å². The van der Waals surface area contributed by atoms with Gasteiger partial charge >= 0.3 is 0 Å². The van der Waals surface area contributed by atoms with Gasteiger partial charge in [-0.15, -0.1) is 24.8 Å². The van der Waals surface area contributed by atoms with Gasteiger partial charge in [0.15, 0.2) is 0 Å². The second-order valence-electron chi connectivity index (χ2n) is 6.17. The molecule has 1 atom stereocenters. The predicted molar refractivity (Wildman–Crippen MR) is 102 cm³/mol. The summed E-state index contributed by atoms with van der Waals surface area (Å²) in [7, 11) is 1.55. The third kappa shape index (κ3) is 5.12. The number of benzene rings is 1. The lowest BCUT2D eigenvalue weighted by Gasteiger charge is -2.38. The number of amides is 1. The number of piperidine rings is 1. The Hall–Kier alpha value is -1.24. The van der Waals surface area contributed by atoms with Crippen molar-refractivity contribution in [2.75, 3.05) is 51.3 Å². The Labute approximate surface area is 160 Å². The smallest absolute Gasteiger partial charge is 0.227 e. The van der Waals surface area contributed by atoms with E-state index in [-0.39, 0.29) is 42.5 Å². The molecule has 0 aromatic heterocycles. The molecule has 0 bridgehead atoms. The molecule has 8 heteroatoms. The zero-order chi connectivity index (χ0) is 16.2. The summed E-state index contributed by atoms with van der Waals surface area (Å²) in [5, 5.41) is 3.30. The third-order valence-corrected chi connectivity index (χ3v) is 4.72. The van der Waals surface area contributed by atoms with E-state index in [1.54, 1.807) is 13.2 Å². The maximum absolute atomic E-state index is 13.3. The van der Waals surface area contributed by atoms with E-state index in [0.29, 0.717) is 18.8 Å². The molecule has 142 valence electrons. The first-order chi connectivity index (χ1) is 11.2. The van der Waals surface area contributed by atoms with E-state index in [1.807, 2.05) is 4.90 Å². The van der Waals surface area contributed by atoms with E-state index in [2.05, 4.69) is 10.2 Å². The highest BCUT2D eigenvalue weighted by Gasteiger charge is 2.29. The molecule has 0 radical (unpaired) electrons. The summed E-state index contributed by atoms with van der Waals surface area (Å²) in [6.45, 7) is 4.71. The Balaban J connectivity index is 0.00000156. The Morgan fingerprint density at radius 2 is 1.96 bits per heavy atom. The molecule has 2 aliphatic rings. The van der Waals surface area contributed by atoms with E-state index in [1.165, 1.54) is 12.1 Å². The minimum atomic E-state index is -0.302. The van der Waals surface area contributed by atoms with Gasteiger partial charge in [0.1, 0.15) is 11.6 Å². The number of carbonyl (C=O) groups is 1. The first-order valence-corrected chi connectivity index (χ1v) is 8.27. The second kappa shape index (κ2) is 10.0. The maximum Gasteiger partial charge on any atom is 0.227 e. The molecule has 2 saturated heterocycles. The van der Waals surface area contributed by atoms with Crippen LogP contribution in [0.4, 0.5) is 10.1 Å². The van der Waals surface area contributed by atoms with Gasteiger partial charge in [-0.25, -0.2) is 4.39 Å². The van der Waals surface area contributed by atoms with Gasteiger partial charge in [0.25, 0.3) is 0 Å². The van der Waals surface area contributed by atoms with Gasteiger partial charge < -0.3 is 19.9 Å². The van der Waals surface area contributed by atoms with Crippen molar-refractivity contribution in [2.45, 2.75) is 12.8 Å². The first kappa shape index (κ1) is 21.8. The highest BCUT2D eigenvalue weighted by molar-refractivity contribution is 5.85.